The molecule has 0 aromatic carbocycles. The third-order valence-corrected chi connectivity index (χ3v) is 5.34. The fourth-order valence-corrected chi connectivity index (χ4v) is 4.41. The molecule has 4 rings (SSSR count). The minimum Gasteiger partial charge on any atom is -0.512 e. The zero-order chi connectivity index (χ0) is 16.1. The maximum Gasteiger partial charge on any atom is 1.00 e. The average Bonchev–Trinajstić information content (AvgIpc) is 2.57. The number of hydrogen-bond acceptors (Lipinski definition) is 7. The van der Waals surface area contributed by atoms with E-state index in [1.54, 1.807) is 35.3 Å². The topological polar surface area (TPSA) is 62.5 Å². The Morgan fingerprint density at radius 2 is 0.750 bits per heavy atom. The second-order valence-electron chi connectivity index (χ2n) is 4.25. The molecular weight excluding hydrogens is 408 g/mol. The molecule has 3 aromatic heterocycles. The van der Waals surface area contributed by atoms with Gasteiger partial charge in [0.1, 0.15) is 30.2 Å². The predicted octanol–water partition coefficient (Wildman–Crippen LogP) is 4.73. The van der Waals surface area contributed by atoms with E-state index in [1.165, 1.54) is 0 Å². The van der Waals surface area contributed by atoms with Gasteiger partial charge in [-0.15, -0.1) is 0 Å². The van der Waals surface area contributed by atoms with Crippen molar-refractivity contribution >= 4 is 35.3 Å². The van der Waals surface area contributed by atoms with E-state index in [4.69, 9.17) is 11.8 Å². The molecule has 122 valence electrons. The van der Waals surface area contributed by atoms with E-state index in [0.29, 0.717) is 0 Å². The van der Waals surface area contributed by atoms with E-state index in [-0.39, 0.29) is 17.1 Å². The van der Waals surface area contributed by atoms with Gasteiger partial charge in [-0.2, -0.15) is 0 Å². The Hall–Kier alpha value is -1.49. The van der Waals surface area contributed by atoms with E-state index >= 15 is 0 Å². The first-order chi connectivity index (χ1) is 11.3. The first-order valence-corrected chi connectivity index (χ1v) is 8.97. The second kappa shape index (κ2) is 9.11. The minimum absolute atomic E-state index is 0. The van der Waals surface area contributed by atoms with Crippen molar-refractivity contribution in [1.29, 1.82) is 5.26 Å². The Labute approximate surface area is 163 Å². The van der Waals surface area contributed by atoms with E-state index < -0.39 is 0 Å². The Balaban J connectivity index is 0.000000670. The summed E-state index contributed by atoms with van der Waals surface area (Å²) in [5, 5.41) is 12.0. The zero-order valence-corrected chi connectivity index (χ0v) is 15.4. The van der Waals surface area contributed by atoms with Crippen LogP contribution < -0.4 is 0 Å². The summed E-state index contributed by atoms with van der Waals surface area (Å²) in [5.74, 6) is 0. The normalized spacial score (nSPS) is 11.6. The molecule has 0 saturated carbocycles. The van der Waals surface area contributed by atoms with Crippen LogP contribution in [0.1, 0.15) is 0 Å². The van der Waals surface area contributed by atoms with Gasteiger partial charge in [-0.25, -0.2) is 15.0 Å². The van der Waals surface area contributed by atoms with Crippen LogP contribution in [0, 0.1) is 11.8 Å². The summed E-state index contributed by atoms with van der Waals surface area (Å²) in [6, 6.07) is 18.1. The molecule has 8 heteroatoms. The van der Waals surface area contributed by atoms with Crippen LogP contribution in [0.3, 0.4) is 0 Å². The molecule has 6 bridgehead atoms. The van der Waals surface area contributed by atoms with Crippen LogP contribution in [0.4, 0.5) is 0 Å². The summed E-state index contributed by atoms with van der Waals surface area (Å²) in [7, 11) is 0. The van der Waals surface area contributed by atoms with E-state index in [0.717, 1.165) is 30.2 Å². The molecule has 1 aliphatic heterocycles. The molecular formula is C16H9CuN4S3. The van der Waals surface area contributed by atoms with Gasteiger partial charge in [-0.05, 0) is 36.4 Å². The van der Waals surface area contributed by atoms with Crippen molar-refractivity contribution in [1.82, 2.24) is 15.0 Å². The van der Waals surface area contributed by atoms with Crippen molar-refractivity contribution in [2.24, 2.45) is 0 Å². The molecule has 0 aliphatic carbocycles. The molecule has 24 heavy (non-hydrogen) atoms. The fraction of sp³-hybridized carbons (Fsp3) is 0. The zero-order valence-electron chi connectivity index (χ0n) is 12.0. The molecule has 0 atom stereocenters. The minimum atomic E-state index is 0. The summed E-state index contributed by atoms with van der Waals surface area (Å²) in [4.78, 5) is 14.0. The van der Waals surface area contributed by atoms with Gasteiger partial charge in [0, 0.05) is 0 Å². The van der Waals surface area contributed by atoms with Crippen LogP contribution in [0.2, 0.25) is 0 Å². The van der Waals surface area contributed by atoms with E-state index in [9.17, 15) is 0 Å². The van der Waals surface area contributed by atoms with Gasteiger partial charge in [0.2, 0.25) is 0 Å². The van der Waals surface area contributed by atoms with Crippen LogP contribution in [0.5, 0.6) is 0 Å². The van der Waals surface area contributed by atoms with Crippen molar-refractivity contribution in [3.63, 3.8) is 0 Å². The molecule has 3 aromatic rings. The van der Waals surface area contributed by atoms with Crippen molar-refractivity contribution in [2.45, 2.75) is 30.2 Å². The number of aromatic nitrogens is 3. The quantitative estimate of drug-likeness (QED) is 0.303. The first kappa shape index (κ1) is 18.8. The van der Waals surface area contributed by atoms with E-state index in [2.05, 4.69) is 15.0 Å². The summed E-state index contributed by atoms with van der Waals surface area (Å²) in [6.45, 7) is 4.75. The average molecular weight is 417 g/mol. The van der Waals surface area contributed by atoms with Crippen LogP contribution in [-0.2, 0) is 17.1 Å². The number of fused-ring (bicyclic) bond motifs is 6. The fourth-order valence-electron chi connectivity index (χ4n) is 1.85. The maximum absolute atomic E-state index is 6.25. The molecule has 4 heterocycles. The van der Waals surface area contributed by atoms with Gasteiger partial charge in [0.15, 0.2) is 0 Å². The summed E-state index contributed by atoms with van der Waals surface area (Å²) in [6.07, 6.45) is 0. The molecule has 0 radical (unpaired) electrons. The van der Waals surface area contributed by atoms with Gasteiger partial charge in [0.05, 0.1) is 0 Å². The third-order valence-electron chi connectivity index (χ3n) is 2.72. The second-order valence-corrected chi connectivity index (χ2v) is 7.37. The van der Waals surface area contributed by atoms with Crippen LogP contribution in [-0.4, -0.2) is 15.0 Å². The third kappa shape index (κ3) is 4.76. The number of nitrogens with zero attached hydrogens (tertiary/aromatic N) is 4. The Bertz CT molecular complexity index is 697. The van der Waals surface area contributed by atoms with Crippen molar-refractivity contribution < 1.29 is 17.1 Å². The van der Waals surface area contributed by atoms with Gasteiger partial charge >= 0.3 is 17.1 Å². The van der Waals surface area contributed by atoms with E-state index in [1.807, 2.05) is 54.6 Å². The molecule has 0 unspecified atom stereocenters. The SMILES string of the molecule is [C-]#N.[Cu+].c1cc2nc(c1)Sc1cccc(n1)Sc1cccc(n1)S2. The maximum atomic E-state index is 6.25. The number of hydrogen-bond donors (Lipinski definition) is 0. The summed E-state index contributed by atoms with van der Waals surface area (Å²) in [5.41, 5.74) is 0. The Morgan fingerprint density at radius 1 is 0.542 bits per heavy atom. The van der Waals surface area contributed by atoms with Crippen molar-refractivity contribution in [3.05, 3.63) is 61.2 Å². The summed E-state index contributed by atoms with van der Waals surface area (Å²) >= 11 is 4.75. The largest absolute Gasteiger partial charge is 1.00 e. The van der Waals surface area contributed by atoms with Crippen LogP contribution in [0.15, 0.2) is 84.8 Å². The predicted molar refractivity (Wildman–Crippen MR) is 90.0 cm³/mol. The van der Waals surface area contributed by atoms with Crippen LogP contribution >= 0.6 is 35.3 Å². The van der Waals surface area contributed by atoms with Gasteiger partial charge in [-0.3, -0.25) is 0 Å². The first-order valence-electron chi connectivity index (χ1n) is 6.52. The number of pyridine rings is 3. The molecule has 0 N–H and O–H groups in total. The Morgan fingerprint density at radius 3 is 0.958 bits per heavy atom. The standard InChI is InChI=1S/C15H9N3S3.CN.Cu/c1-4-10-16-11(5-1)20-13-7-3-9-15(18-13)21-14-8-2-6-12(17-14)19-10;1-2;/h1-9H;;/q;-1;+1. The summed E-state index contributed by atoms with van der Waals surface area (Å²) < 4.78 is 0. The molecule has 0 fully saturated rings. The number of rotatable bonds is 0. The van der Waals surface area contributed by atoms with Crippen molar-refractivity contribution in [3.8, 4) is 0 Å². The van der Waals surface area contributed by atoms with Crippen LogP contribution in [0.25, 0.3) is 0 Å². The van der Waals surface area contributed by atoms with Gasteiger partial charge < -0.3 is 11.8 Å². The van der Waals surface area contributed by atoms with Gasteiger partial charge in [-0.1, -0.05) is 53.5 Å². The molecule has 4 nitrogen and oxygen atoms in total. The monoisotopic (exact) mass is 416 g/mol. The van der Waals surface area contributed by atoms with Gasteiger partial charge in [0.25, 0.3) is 0 Å². The van der Waals surface area contributed by atoms with Crippen molar-refractivity contribution in [2.75, 3.05) is 0 Å². The molecule has 0 saturated heterocycles. The smallest absolute Gasteiger partial charge is 0.512 e. The molecule has 0 spiro atoms. The molecule has 1 aliphatic rings. The molecule has 0 amide bonds. The Kier molecular flexibility index (Phi) is 7.15.